The van der Waals surface area contributed by atoms with Crippen LogP contribution in [0.15, 0.2) is 48.5 Å². The van der Waals surface area contributed by atoms with Crippen molar-refractivity contribution in [2.75, 3.05) is 0 Å². The van der Waals surface area contributed by atoms with Crippen LogP contribution in [-0.4, -0.2) is 32.0 Å². The average molecular weight is 364 g/mol. The van der Waals surface area contributed by atoms with Gasteiger partial charge in [0.05, 0.1) is 5.56 Å². The number of esters is 1. The van der Waals surface area contributed by atoms with E-state index < -0.39 is 5.97 Å². The number of carbonyl (C=O) groups is 2. The summed E-state index contributed by atoms with van der Waals surface area (Å²) >= 11 is 0. The lowest BCUT2D eigenvalue weighted by Gasteiger charge is -2.09. The van der Waals surface area contributed by atoms with Crippen molar-refractivity contribution in [3.05, 3.63) is 76.6 Å². The number of carbonyl (C=O) groups excluding carboxylic acids is 2. The first-order chi connectivity index (χ1) is 13.1. The smallest absolute Gasteiger partial charge is 0.339 e. The van der Waals surface area contributed by atoms with E-state index >= 15 is 0 Å². The fourth-order valence-electron chi connectivity index (χ4n) is 2.64. The summed E-state index contributed by atoms with van der Waals surface area (Å²) in [6, 6.07) is 13.9. The zero-order valence-electron chi connectivity index (χ0n) is 15.3. The summed E-state index contributed by atoms with van der Waals surface area (Å²) in [5.41, 5.74) is 2.11. The second-order valence-corrected chi connectivity index (χ2v) is 6.14. The normalized spacial score (nSPS) is 10.6. The zero-order chi connectivity index (χ0) is 19.2. The highest BCUT2D eigenvalue weighted by atomic mass is 16.5. The lowest BCUT2D eigenvalue weighted by Crippen LogP contribution is -2.14. The van der Waals surface area contributed by atoms with Crippen LogP contribution in [0.5, 0.6) is 0 Å². The number of aryl methyl sites for hydroxylation is 2. The molecule has 0 radical (unpaired) electrons. The van der Waals surface area contributed by atoms with Gasteiger partial charge in [0.25, 0.3) is 0 Å². The van der Waals surface area contributed by atoms with Gasteiger partial charge in [0.15, 0.2) is 18.2 Å². The van der Waals surface area contributed by atoms with Gasteiger partial charge < -0.3 is 4.74 Å². The highest BCUT2D eigenvalue weighted by molar-refractivity contribution is 6.14. The minimum Gasteiger partial charge on any atom is -0.454 e. The highest BCUT2D eigenvalue weighted by Gasteiger charge is 2.20. The van der Waals surface area contributed by atoms with Crippen LogP contribution in [0.3, 0.4) is 0 Å². The Morgan fingerprint density at radius 3 is 2.44 bits per heavy atom. The SMILES string of the molecule is CCCn1nnnc1COC(=O)c1ccccc1C(=O)c1ccc(C)cc1. The van der Waals surface area contributed by atoms with E-state index in [0.29, 0.717) is 23.5 Å². The molecule has 0 aliphatic heterocycles. The molecule has 7 nitrogen and oxygen atoms in total. The van der Waals surface area contributed by atoms with Gasteiger partial charge in [0.2, 0.25) is 0 Å². The highest BCUT2D eigenvalue weighted by Crippen LogP contribution is 2.17. The third kappa shape index (κ3) is 4.25. The van der Waals surface area contributed by atoms with Crippen molar-refractivity contribution < 1.29 is 14.3 Å². The van der Waals surface area contributed by atoms with E-state index in [2.05, 4.69) is 15.5 Å². The fourth-order valence-corrected chi connectivity index (χ4v) is 2.64. The molecular formula is C20H20N4O3. The summed E-state index contributed by atoms with van der Waals surface area (Å²) in [5.74, 6) is -0.344. The summed E-state index contributed by atoms with van der Waals surface area (Å²) in [6.45, 7) is 4.54. The molecule has 0 atom stereocenters. The lowest BCUT2D eigenvalue weighted by molar-refractivity contribution is 0.0454. The van der Waals surface area contributed by atoms with Gasteiger partial charge in [-0.15, -0.1) is 5.10 Å². The minimum absolute atomic E-state index is 0.0567. The van der Waals surface area contributed by atoms with Crippen molar-refractivity contribution in [2.45, 2.75) is 33.4 Å². The van der Waals surface area contributed by atoms with E-state index in [9.17, 15) is 9.59 Å². The first-order valence-electron chi connectivity index (χ1n) is 8.72. The Labute approximate surface area is 157 Å². The predicted molar refractivity (Wildman–Crippen MR) is 98.3 cm³/mol. The van der Waals surface area contributed by atoms with Gasteiger partial charge in [0.1, 0.15) is 0 Å². The van der Waals surface area contributed by atoms with E-state index in [1.165, 1.54) is 0 Å². The first kappa shape index (κ1) is 18.4. The molecule has 0 N–H and O–H groups in total. The van der Waals surface area contributed by atoms with Gasteiger partial charge >= 0.3 is 5.97 Å². The zero-order valence-corrected chi connectivity index (χ0v) is 15.3. The maximum absolute atomic E-state index is 12.8. The van der Waals surface area contributed by atoms with E-state index in [4.69, 9.17) is 4.74 Å². The van der Waals surface area contributed by atoms with E-state index in [0.717, 1.165) is 12.0 Å². The van der Waals surface area contributed by atoms with Crippen molar-refractivity contribution in [2.24, 2.45) is 0 Å². The van der Waals surface area contributed by atoms with Gasteiger partial charge in [-0.2, -0.15) is 0 Å². The number of tetrazole rings is 1. The van der Waals surface area contributed by atoms with Crippen LogP contribution in [0.4, 0.5) is 0 Å². The third-order valence-corrected chi connectivity index (χ3v) is 4.08. The van der Waals surface area contributed by atoms with Crippen LogP contribution in [0, 0.1) is 6.92 Å². The molecule has 0 amide bonds. The molecule has 27 heavy (non-hydrogen) atoms. The van der Waals surface area contributed by atoms with Gasteiger partial charge in [-0.05, 0) is 29.8 Å². The summed E-state index contributed by atoms with van der Waals surface area (Å²) in [6.07, 6.45) is 0.861. The molecule has 3 rings (SSSR count). The van der Waals surface area contributed by atoms with Gasteiger partial charge in [-0.1, -0.05) is 55.0 Å². The Morgan fingerprint density at radius 1 is 1.04 bits per heavy atom. The number of hydrogen-bond donors (Lipinski definition) is 0. The topological polar surface area (TPSA) is 87.0 Å². The van der Waals surface area contributed by atoms with E-state index in [1.54, 1.807) is 41.1 Å². The molecule has 138 valence electrons. The average Bonchev–Trinajstić information content (AvgIpc) is 3.13. The van der Waals surface area contributed by atoms with Gasteiger partial charge in [-0.25, -0.2) is 9.48 Å². The number of rotatable bonds is 7. The Balaban J connectivity index is 1.78. The van der Waals surface area contributed by atoms with Crippen LogP contribution >= 0.6 is 0 Å². The minimum atomic E-state index is -0.586. The van der Waals surface area contributed by atoms with Crippen LogP contribution in [0.25, 0.3) is 0 Å². The van der Waals surface area contributed by atoms with Crippen LogP contribution in [0.1, 0.15) is 51.0 Å². The molecule has 0 saturated carbocycles. The second-order valence-electron chi connectivity index (χ2n) is 6.14. The van der Waals surface area contributed by atoms with Crippen LogP contribution in [0.2, 0.25) is 0 Å². The van der Waals surface area contributed by atoms with Crippen molar-refractivity contribution in [3.63, 3.8) is 0 Å². The predicted octanol–water partition coefficient (Wildman–Crippen LogP) is 2.98. The maximum Gasteiger partial charge on any atom is 0.339 e. The molecule has 0 bridgehead atoms. The Bertz CT molecular complexity index is 948. The number of hydrogen-bond acceptors (Lipinski definition) is 6. The standard InChI is InChI=1S/C20H20N4O3/c1-3-12-24-18(21-22-23-24)13-27-20(26)17-7-5-4-6-16(17)19(25)15-10-8-14(2)9-11-15/h4-11H,3,12-13H2,1-2H3. The molecule has 2 aromatic carbocycles. The Hall–Kier alpha value is -3.35. The monoisotopic (exact) mass is 364 g/mol. The molecule has 0 saturated heterocycles. The molecule has 0 aliphatic carbocycles. The number of nitrogens with zero attached hydrogens (tertiary/aromatic N) is 4. The maximum atomic E-state index is 12.8. The summed E-state index contributed by atoms with van der Waals surface area (Å²) in [7, 11) is 0. The van der Waals surface area contributed by atoms with Crippen molar-refractivity contribution >= 4 is 11.8 Å². The van der Waals surface area contributed by atoms with Crippen LogP contribution in [-0.2, 0) is 17.9 Å². The van der Waals surface area contributed by atoms with E-state index in [1.807, 2.05) is 26.0 Å². The molecule has 0 unspecified atom stereocenters. The van der Waals surface area contributed by atoms with Crippen molar-refractivity contribution in [3.8, 4) is 0 Å². The largest absolute Gasteiger partial charge is 0.454 e. The van der Waals surface area contributed by atoms with Gasteiger partial charge in [-0.3, -0.25) is 4.79 Å². The van der Waals surface area contributed by atoms with Crippen molar-refractivity contribution in [1.82, 2.24) is 20.2 Å². The molecule has 7 heteroatoms. The Morgan fingerprint density at radius 2 is 1.74 bits per heavy atom. The summed E-state index contributed by atoms with van der Waals surface area (Å²) < 4.78 is 6.94. The molecule has 1 aromatic heterocycles. The summed E-state index contributed by atoms with van der Waals surface area (Å²) in [5, 5.41) is 11.3. The summed E-state index contributed by atoms with van der Waals surface area (Å²) in [4.78, 5) is 25.4. The van der Waals surface area contributed by atoms with Crippen LogP contribution < -0.4 is 0 Å². The molecule has 3 aromatic rings. The van der Waals surface area contributed by atoms with E-state index in [-0.39, 0.29) is 18.0 Å². The molecule has 0 aliphatic rings. The number of ether oxygens (including phenoxy) is 1. The Kier molecular flexibility index (Phi) is 5.71. The first-order valence-corrected chi connectivity index (χ1v) is 8.72. The molecule has 1 heterocycles. The molecular weight excluding hydrogens is 344 g/mol. The van der Waals surface area contributed by atoms with Crippen molar-refractivity contribution in [1.29, 1.82) is 0 Å². The number of benzene rings is 2. The number of aromatic nitrogens is 4. The molecule has 0 fully saturated rings. The lowest BCUT2D eigenvalue weighted by atomic mass is 9.98. The third-order valence-electron chi connectivity index (χ3n) is 4.08. The second kappa shape index (κ2) is 8.35. The van der Waals surface area contributed by atoms with Gasteiger partial charge in [0, 0.05) is 17.7 Å². The number of ketones is 1. The quantitative estimate of drug-likeness (QED) is 0.473. The molecule has 0 spiro atoms. The fraction of sp³-hybridized carbons (Fsp3) is 0.250.